The van der Waals surface area contributed by atoms with Gasteiger partial charge < -0.3 is 4.74 Å². The van der Waals surface area contributed by atoms with Gasteiger partial charge in [-0.15, -0.1) is 0 Å². The minimum Gasteiger partial charge on any atom is -0.497 e. The lowest BCUT2D eigenvalue weighted by Gasteiger charge is -2.10. The highest BCUT2D eigenvalue weighted by atomic mass is 35.5. The SMILES string of the molecule is COc1ccc(-c2ccc(Cl)c(Cl)c2Cl)c(Cl)c1. The predicted molar refractivity (Wildman–Crippen MR) is 78.5 cm³/mol. The summed E-state index contributed by atoms with van der Waals surface area (Å²) in [5, 5.41) is 1.66. The maximum absolute atomic E-state index is 6.19. The van der Waals surface area contributed by atoms with Gasteiger partial charge in [-0.05, 0) is 24.3 Å². The first-order valence-electron chi connectivity index (χ1n) is 5.02. The van der Waals surface area contributed by atoms with Crippen molar-refractivity contribution in [3.05, 3.63) is 50.4 Å². The van der Waals surface area contributed by atoms with Gasteiger partial charge in [0.15, 0.2) is 0 Å². The van der Waals surface area contributed by atoms with Crippen molar-refractivity contribution >= 4 is 46.4 Å². The normalized spacial score (nSPS) is 10.5. The summed E-state index contributed by atoms with van der Waals surface area (Å²) >= 11 is 24.3. The zero-order valence-corrected chi connectivity index (χ0v) is 12.3. The van der Waals surface area contributed by atoms with Crippen LogP contribution < -0.4 is 4.74 Å². The molecular weight excluding hydrogens is 314 g/mol. The van der Waals surface area contributed by atoms with E-state index in [1.165, 1.54) is 0 Å². The third-order valence-corrected chi connectivity index (χ3v) is 4.11. The molecule has 0 fully saturated rings. The van der Waals surface area contributed by atoms with E-state index in [9.17, 15) is 0 Å². The van der Waals surface area contributed by atoms with E-state index >= 15 is 0 Å². The topological polar surface area (TPSA) is 9.23 Å². The average Bonchev–Trinajstić information content (AvgIpc) is 2.37. The van der Waals surface area contributed by atoms with Crippen LogP contribution >= 0.6 is 46.4 Å². The second-order valence-electron chi connectivity index (χ2n) is 3.57. The van der Waals surface area contributed by atoms with Gasteiger partial charge >= 0.3 is 0 Å². The summed E-state index contributed by atoms with van der Waals surface area (Å²) in [6.07, 6.45) is 0. The van der Waals surface area contributed by atoms with Crippen LogP contribution in [0.3, 0.4) is 0 Å². The van der Waals surface area contributed by atoms with Crippen LogP contribution in [0.25, 0.3) is 11.1 Å². The molecule has 0 aliphatic carbocycles. The highest BCUT2D eigenvalue weighted by Gasteiger charge is 2.13. The van der Waals surface area contributed by atoms with Crippen LogP contribution in [-0.2, 0) is 0 Å². The van der Waals surface area contributed by atoms with Gasteiger partial charge in [0, 0.05) is 11.1 Å². The van der Waals surface area contributed by atoms with E-state index in [1.807, 2.05) is 6.07 Å². The molecule has 0 aliphatic rings. The second kappa shape index (κ2) is 5.58. The molecule has 2 aromatic rings. The van der Waals surface area contributed by atoms with E-state index in [0.717, 1.165) is 11.1 Å². The summed E-state index contributed by atoms with van der Waals surface area (Å²) in [6, 6.07) is 8.82. The Labute approximate surface area is 125 Å². The molecule has 1 nitrogen and oxygen atoms in total. The number of benzene rings is 2. The zero-order chi connectivity index (χ0) is 13.3. The number of rotatable bonds is 2. The summed E-state index contributed by atoms with van der Waals surface area (Å²) in [6.45, 7) is 0. The van der Waals surface area contributed by atoms with Gasteiger partial charge in [0.25, 0.3) is 0 Å². The number of methoxy groups -OCH3 is 1. The van der Waals surface area contributed by atoms with Crippen LogP contribution in [0.2, 0.25) is 20.1 Å². The van der Waals surface area contributed by atoms with Crippen LogP contribution in [0.1, 0.15) is 0 Å². The Morgan fingerprint density at radius 1 is 0.778 bits per heavy atom. The molecule has 2 rings (SSSR count). The highest BCUT2D eigenvalue weighted by molar-refractivity contribution is 6.49. The van der Waals surface area contributed by atoms with E-state index in [-0.39, 0.29) is 0 Å². The minimum atomic E-state index is 0.322. The molecule has 0 spiro atoms. The van der Waals surface area contributed by atoms with Crippen molar-refractivity contribution in [2.75, 3.05) is 7.11 Å². The lowest BCUT2D eigenvalue weighted by molar-refractivity contribution is 0.415. The average molecular weight is 322 g/mol. The standard InChI is InChI=1S/C13H8Cl4O/c1-18-7-2-3-8(11(15)6-7)9-4-5-10(14)13(17)12(9)16/h2-6H,1H3. The maximum atomic E-state index is 6.19. The molecule has 2 aromatic carbocycles. The predicted octanol–water partition coefficient (Wildman–Crippen LogP) is 5.98. The first-order chi connectivity index (χ1) is 8.54. The number of hydrogen-bond acceptors (Lipinski definition) is 1. The van der Waals surface area contributed by atoms with Gasteiger partial charge in [0.05, 0.1) is 27.2 Å². The Kier molecular flexibility index (Phi) is 4.29. The van der Waals surface area contributed by atoms with Crippen molar-refractivity contribution in [1.29, 1.82) is 0 Å². The summed E-state index contributed by atoms with van der Waals surface area (Å²) < 4.78 is 5.09. The number of halogens is 4. The molecule has 0 saturated heterocycles. The molecule has 0 N–H and O–H groups in total. The smallest absolute Gasteiger partial charge is 0.120 e. The van der Waals surface area contributed by atoms with Crippen LogP contribution in [0, 0.1) is 0 Å². The Balaban J connectivity index is 2.59. The molecule has 0 unspecified atom stereocenters. The molecule has 0 radical (unpaired) electrons. The quantitative estimate of drug-likeness (QED) is 0.618. The van der Waals surface area contributed by atoms with E-state index in [0.29, 0.717) is 25.8 Å². The molecule has 0 aliphatic heterocycles. The highest BCUT2D eigenvalue weighted by Crippen LogP contribution is 2.41. The lowest BCUT2D eigenvalue weighted by Crippen LogP contribution is -1.86. The van der Waals surface area contributed by atoms with Crippen LogP contribution in [0.15, 0.2) is 30.3 Å². The minimum absolute atomic E-state index is 0.322. The third-order valence-electron chi connectivity index (χ3n) is 2.50. The van der Waals surface area contributed by atoms with Crippen LogP contribution in [0.5, 0.6) is 5.75 Å². The first-order valence-corrected chi connectivity index (χ1v) is 6.53. The Bertz CT molecular complexity index is 596. The van der Waals surface area contributed by atoms with Gasteiger partial charge in [-0.3, -0.25) is 0 Å². The van der Waals surface area contributed by atoms with Gasteiger partial charge in [-0.25, -0.2) is 0 Å². The van der Waals surface area contributed by atoms with E-state index < -0.39 is 0 Å². The van der Waals surface area contributed by atoms with Crippen molar-refractivity contribution in [2.45, 2.75) is 0 Å². The fraction of sp³-hybridized carbons (Fsp3) is 0.0769. The summed E-state index contributed by atoms with van der Waals surface area (Å²) in [5.74, 6) is 0.680. The van der Waals surface area contributed by atoms with Crippen LogP contribution in [0.4, 0.5) is 0 Å². The van der Waals surface area contributed by atoms with Gasteiger partial charge in [0.1, 0.15) is 5.75 Å². The molecule has 5 heteroatoms. The molecule has 0 saturated carbocycles. The lowest BCUT2D eigenvalue weighted by atomic mass is 10.1. The summed E-state index contributed by atoms with van der Waals surface area (Å²) in [5.41, 5.74) is 1.51. The molecule has 0 atom stereocenters. The van der Waals surface area contributed by atoms with E-state index in [1.54, 1.807) is 31.4 Å². The second-order valence-corrected chi connectivity index (χ2v) is 5.14. The van der Waals surface area contributed by atoms with Crippen molar-refractivity contribution in [3.8, 4) is 16.9 Å². The molecule has 0 amide bonds. The molecule has 0 aromatic heterocycles. The molecule has 0 bridgehead atoms. The Morgan fingerprint density at radius 3 is 2.06 bits per heavy atom. The number of hydrogen-bond donors (Lipinski definition) is 0. The first kappa shape index (κ1) is 13.8. The summed E-state index contributed by atoms with van der Waals surface area (Å²) in [7, 11) is 1.58. The van der Waals surface area contributed by atoms with Gasteiger partial charge in [-0.1, -0.05) is 52.5 Å². The maximum Gasteiger partial charge on any atom is 0.120 e. The molecule has 18 heavy (non-hydrogen) atoms. The number of ether oxygens (including phenoxy) is 1. The van der Waals surface area contributed by atoms with Crippen LogP contribution in [-0.4, -0.2) is 7.11 Å². The van der Waals surface area contributed by atoms with Crippen molar-refractivity contribution < 1.29 is 4.74 Å². The summed E-state index contributed by atoms with van der Waals surface area (Å²) in [4.78, 5) is 0. The van der Waals surface area contributed by atoms with Gasteiger partial charge in [0.2, 0.25) is 0 Å². The van der Waals surface area contributed by atoms with E-state index in [4.69, 9.17) is 51.1 Å². The fourth-order valence-corrected chi connectivity index (χ4v) is 2.48. The fourth-order valence-electron chi connectivity index (χ4n) is 1.58. The van der Waals surface area contributed by atoms with E-state index in [2.05, 4.69) is 0 Å². The molecular formula is C13H8Cl4O. The monoisotopic (exact) mass is 320 g/mol. The van der Waals surface area contributed by atoms with Crippen molar-refractivity contribution in [1.82, 2.24) is 0 Å². The Morgan fingerprint density at radius 2 is 1.44 bits per heavy atom. The molecule has 0 heterocycles. The van der Waals surface area contributed by atoms with Gasteiger partial charge in [-0.2, -0.15) is 0 Å². The zero-order valence-electron chi connectivity index (χ0n) is 9.31. The van der Waals surface area contributed by atoms with Crippen molar-refractivity contribution in [3.63, 3.8) is 0 Å². The molecule has 94 valence electrons. The largest absolute Gasteiger partial charge is 0.497 e. The third kappa shape index (κ3) is 2.55. The van der Waals surface area contributed by atoms with Crippen molar-refractivity contribution in [2.24, 2.45) is 0 Å². The Hall–Kier alpha value is -0.600.